The number of rotatable bonds is 2. The SMILES string of the molecule is COc1ccc2c(=O)n(C)c3ccccc3c2c1OC. The number of hydrogen-bond acceptors (Lipinski definition) is 3. The van der Waals surface area contributed by atoms with Gasteiger partial charge in [0.05, 0.1) is 25.1 Å². The normalized spacial score (nSPS) is 10.9. The van der Waals surface area contributed by atoms with Gasteiger partial charge in [-0.1, -0.05) is 18.2 Å². The van der Waals surface area contributed by atoms with Crippen LogP contribution in [0.4, 0.5) is 0 Å². The third kappa shape index (κ3) is 1.58. The molecule has 0 aliphatic heterocycles. The number of benzene rings is 2. The fourth-order valence-corrected chi connectivity index (χ4v) is 2.64. The summed E-state index contributed by atoms with van der Waals surface area (Å²) in [6, 6.07) is 11.3. The smallest absolute Gasteiger partial charge is 0.258 e. The molecule has 0 atom stereocenters. The summed E-state index contributed by atoms with van der Waals surface area (Å²) < 4.78 is 12.5. The lowest BCUT2D eigenvalue weighted by molar-refractivity contribution is 0.358. The molecule has 0 spiro atoms. The van der Waals surface area contributed by atoms with Crippen LogP contribution in [-0.4, -0.2) is 18.8 Å². The summed E-state index contributed by atoms with van der Waals surface area (Å²) >= 11 is 0. The van der Waals surface area contributed by atoms with Crippen molar-refractivity contribution < 1.29 is 9.47 Å². The van der Waals surface area contributed by atoms with Crippen LogP contribution in [0.3, 0.4) is 0 Å². The number of pyridine rings is 1. The first-order chi connectivity index (χ1) is 9.69. The summed E-state index contributed by atoms with van der Waals surface area (Å²) in [5.74, 6) is 1.22. The van der Waals surface area contributed by atoms with Gasteiger partial charge in [0.25, 0.3) is 5.56 Å². The van der Waals surface area contributed by atoms with E-state index in [1.807, 2.05) is 24.3 Å². The Balaban J connectivity index is 2.67. The van der Waals surface area contributed by atoms with E-state index < -0.39 is 0 Å². The van der Waals surface area contributed by atoms with Crippen molar-refractivity contribution in [3.63, 3.8) is 0 Å². The lowest BCUT2D eigenvalue weighted by Gasteiger charge is -2.14. The highest BCUT2D eigenvalue weighted by Gasteiger charge is 2.15. The van der Waals surface area contributed by atoms with Gasteiger partial charge in [-0.25, -0.2) is 0 Å². The van der Waals surface area contributed by atoms with Gasteiger partial charge in [-0.3, -0.25) is 4.79 Å². The van der Waals surface area contributed by atoms with Gasteiger partial charge in [0.1, 0.15) is 0 Å². The number of fused-ring (bicyclic) bond motifs is 3. The number of aromatic nitrogens is 1. The molecule has 20 heavy (non-hydrogen) atoms. The molecule has 0 fully saturated rings. The Morgan fingerprint density at radius 3 is 2.40 bits per heavy atom. The highest BCUT2D eigenvalue weighted by Crippen LogP contribution is 2.37. The standard InChI is InChI=1S/C16H15NO3/c1-17-12-7-5-4-6-10(12)14-11(16(17)18)8-9-13(19-2)15(14)20-3/h4-9H,1-3H3. The van der Waals surface area contributed by atoms with Gasteiger partial charge in [-0.15, -0.1) is 0 Å². The van der Waals surface area contributed by atoms with Crippen LogP contribution in [0.5, 0.6) is 11.5 Å². The molecular formula is C16H15NO3. The molecule has 0 aliphatic carbocycles. The molecule has 1 aromatic heterocycles. The third-order valence-corrected chi connectivity index (χ3v) is 3.62. The van der Waals surface area contributed by atoms with E-state index in [1.54, 1.807) is 38.0 Å². The largest absolute Gasteiger partial charge is 0.493 e. The Morgan fingerprint density at radius 2 is 1.70 bits per heavy atom. The zero-order valence-corrected chi connectivity index (χ0v) is 11.6. The second-order valence-electron chi connectivity index (χ2n) is 4.60. The number of methoxy groups -OCH3 is 2. The van der Waals surface area contributed by atoms with Crippen LogP contribution < -0.4 is 15.0 Å². The monoisotopic (exact) mass is 269 g/mol. The Kier molecular flexibility index (Phi) is 2.86. The van der Waals surface area contributed by atoms with Gasteiger partial charge in [0.15, 0.2) is 11.5 Å². The summed E-state index contributed by atoms with van der Waals surface area (Å²) in [6.07, 6.45) is 0. The first kappa shape index (κ1) is 12.5. The number of nitrogens with zero attached hydrogens (tertiary/aromatic N) is 1. The van der Waals surface area contributed by atoms with Crippen LogP contribution in [0, 0.1) is 0 Å². The van der Waals surface area contributed by atoms with Gasteiger partial charge in [-0.05, 0) is 18.2 Å². The fraction of sp³-hybridized carbons (Fsp3) is 0.188. The van der Waals surface area contributed by atoms with Crippen molar-refractivity contribution >= 4 is 21.7 Å². The number of para-hydroxylation sites is 1. The molecule has 0 bridgehead atoms. The van der Waals surface area contributed by atoms with E-state index in [9.17, 15) is 4.79 Å². The summed E-state index contributed by atoms with van der Waals surface area (Å²) in [4.78, 5) is 12.5. The van der Waals surface area contributed by atoms with Crippen LogP contribution in [-0.2, 0) is 7.05 Å². The van der Waals surface area contributed by atoms with Gasteiger partial charge in [0.2, 0.25) is 0 Å². The molecule has 3 aromatic rings. The number of aryl methyl sites for hydroxylation is 1. The van der Waals surface area contributed by atoms with Gasteiger partial charge in [-0.2, -0.15) is 0 Å². The van der Waals surface area contributed by atoms with E-state index >= 15 is 0 Å². The van der Waals surface area contributed by atoms with Crippen molar-refractivity contribution in [2.75, 3.05) is 14.2 Å². The van der Waals surface area contributed by atoms with E-state index in [1.165, 1.54) is 0 Å². The van der Waals surface area contributed by atoms with E-state index in [-0.39, 0.29) is 5.56 Å². The Hall–Kier alpha value is -2.49. The number of hydrogen-bond donors (Lipinski definition) is 0. The summed E-state index contributed by atoms with van der Waals surface area (Å²) in [5.41, 5.74) is 0.830. The quantitative estimate of drug-likeness (QED) is 0.672. The van der Waals surface area contributed by atoms with E-state index in [0.717, 1.165) is 16.3 Å². The molecule has 0 amide bonds. The average molecular weight is 269 g/mol. The molecule has 102 valence electrons. The molecule has 2 aromatic carbocycles. The summed E-state index contributed by atoms with van der Waals surface area (Å²) in [7, 11) is 4.96. The minimum atomic E-state index is -0.0420. The van der Waals surface area contributed by atoms with Crippen LogP contribution in [0.1, 0.15) is 0 Å². The van der Waals surface area contributed by atoms with Gasteiger partial charge in [0, 0.05) is 17.8 Å². The van der Waals surface area contributed by atoms with Crippen molar-refractivity contribution in [2.24, 2.45) is 7.05 Å². The average Bonchev–Trinajstić information content (AvgIpc) is 2.51. The van der Waals surface area contributed by atoms with Crippen LogP contribution in [0.25, 0.3) is 21.7 Å². The first-order valence-corrected chi connectivity index (χ1v) is 6.31. The fourth-order valence-electron chi connectivity index (χ4n) is 2.64. The maximum atomic E-state index is 12.5. The predicted octanol–water partition coefficient (Wildman–Crippen LogP) is 2.71. The molecule has 3 rings (SSSR count). The minimum absolute atomic E-state index is 0.0420. The second-order valence-corrected chi connectivity index (χ2v) is 4.60. The molecule has 1 heterocycles. The Labute approximate surface area is 116 Å². The van der Waals surface area contributed by atoms with E-state index in [4.69, 9.17) is 9.47 Å². The maximum Gasteiger partial charge on any atom is 0.258 e. The van der Waals surface area contributed by atoms with Crippen LogP contribution >= 0.6 is 0 Å². The lowest BCUT2D eigenvalue weighted by atomic mass is 10.0. The number of ether oxygens (including phenoxy) is 2. The zero-order chi connectivity index (χ0) is 14.3. The molecule has 4 heteroatoms. The van der Waals surface area contributed by atoms with Crippen molar-refractivity contribution in [3.05, 3.63) is 46.8 Å². The Bertz CT molecular complexity index is 865. The molecular weight excluding hydrogens is 254 g/mol. The maximum absolute atomic E-state index is 12.5. The topological polar surface area (TPSA) is 40.5 Å². The van der Waals surface area contributed by atoms with Crippen molar-refractivity contribution in [1.29, 1.82) is 0 Å². The predicted molar refractivity (Wildman–Crippen MR) is 79.8 cm³/mol. The third-order valence-electron chi connectivity index (χ3n) is 3.62. The van der Waals surface area contributed by atoms with Crippen molar-refractivity contribution in [1.82, 2.24) is 4.57 Å². The first-order valence-electron chi connectivity index (χ1n) is 6.31. The van der Waals surface area contributed by atoms with Crippen LogP contribution in [0.2, 0.25) is 0 Å². The molecule has 0 unspecified atom stereocenters. The molecule has 4 nitrogen and oxygen atoms in total. The van der Waals surface area contributed by atoms with Crippen LogP contribution in [0.15, 0.2) is 41.2 Å². The molecule has 0 aliphatic rings. The highest BCUT2D eigenvalue weighted by molar-refractivity contribution is 6.09. The summed E-state index contributed by atoms with van der Waals surface area (Å²) in [5, 5.41) is 2.40. The van der Waals surface area contributed by atoms with E-state index in [2.05, 4.69) is 0 Å². The van der Waals surface area contributed by atoms with Crippen molar-refractivity contribution in [2.45, 2.75) is 0 Å². The van der Waals surface area contributed by atoms with Gasteiger partial charge >= 0.3 is 0 Å². The van der Waals surface area contributed by atoms with Crippen molar-refractivity contribution in [3.8, 4) is 11.5 Å². The molecule has 0 saturated carbocycles. The van der Waals surface area contributed by atoms with Gasteiger partial charge < -0.3 is 14.0 Å². The van der Waals surface area contributed by atoms with E-state index in [0.29, 0.717) is 16.9 Å². The lowest BCUT2D eigenvalue weighted by Crippen LogP contribution is -2.17. The second kappa shape index (κ2) is 4.56. The zero-order valence-electron chi connectivity index (χ0n) is 11.6. The minimum Gasteiger partial charge on any atom is -0.493 e. The molecule has 0 radical (unpaired) electrons. The Morgan fingerprint density at radius 1 is 0.950 bits per heavy atom. The molecule has 0 N–H and O–H groups in total. The molecule has 0 saturated heterocycles. The summed E-state index contributed by atoms with van der Waals surface area (Å²) in [6.45, 7) is 0. The highest BCUT2D eigenvalue weighted by atomic mass is 16.5.